The molecule has 0 aliphatic carbocycles. The van der Waals surface area contributed by atoms with Gasteiger partial charge in [0.05, 0.1) is 16.8 Å². The Morgan fingerprint density at radius 1 is 1.00 bits per heavy atom. The number of H-pyrrole nitrogens is 1. The van der Waals surface area contributed by atoms with Crippen molar-refractivity contribution < 1.29 is 9.53 Å². The molecule has 4 aromatic rings. The van der Waals surface area contributed by atoms with Crippen LogP contribution in [0.5, 0.6) is 5.88 Å². The minimum absolute atomic E-state index is 0.157. The van der Waals surface area contributed by atoms with E-state index in [9.17, 15) is 4.79 Å². The molecule has 202 valence electrons. The van der Waals surface area contributed by atoms with Crippen LogP contribution in [0.25, 0.3) is 22.4 Å². The maximum atomic E-state index is 13.3. The molecule has 9 heteroatoms. The standard InChI is InChI=1S/C30H29Cl3N4O2/c1-29(2,3)25-14-23(36-37-25)27(38)34-24-15-30(4,5)39-28-21(24)13-20(16-6-8-17(31)9-7-16)26(35-28)19-11-10-18(32)12-22(19)33/h6-14,24H,15H2,1-5H3,(H,34,38)(H,36,37)/t24-/m1/s1. The average molecular weight is 584 g/mol. The lowest BCUT2D eigenvalue weighted by Crippen LogP contribution is -2.41. The molecule has 1 amide bonds. The molecule has 0 bridgehead atoms. The molecular weight excluding hydrogens is 555 g/mol. The van der Waals surface area contributed by atoms with Crippen molar-refractivity contribution in [3.63, 3.8) is 0 Å². The number of carbonyl (C=O) groups is 1. The number of halogens is 3. The first-order valence-electron chi connectivity index (χ1n) is 12.6. The molecule has 39 heavy (non-hydrogen) atoms. The Morgan fingerprint density at radius 2 is 1.69 bits per heavy atom. The molecule has 0 fully saturated rings. The number of rotatable bonds is 4. The molecule has 1 aliphatic rings. The molecule has 5 rings (SSSR count). The minimum Gasteiger partial charge on any atom is -0.471 e. The Kier molecular flexibility index (Phi) is 7.17. The monoisotopic (exact) mass is 582 g/mol. The largest absolute Gasteiger partial charge is 0.471 e. The highest BCUT2D eigenvalue weighted by atomic mass is 35.5. The lowest BCUT2D eigenvalue weighted by molar-refractivity contribution is 0.0571. The van der Waals surface area contributed by atoms with Crippen LogP contribution in [0, 0.1) is 0 Å². The Bertz CT molecular complexity index is 1560. The Hall–Kier alpha value is -3.06. The van der Waals surface area contributed by atoms with Crippen molar-refractivity contribution in [2.45, 2.75) is 58.1 Å². The molecule has 2 aromatic carbocycles. The summed E-state index contributed by atoms with van der Waals surface area (Å²) in [6.07, 6.45) is 0.547. The fourth-order valence-electron chi connectivity index (χ4n) is 4.67. The fraction of sp³-hybridized carbons (Fsp3) is 0.300. The van der Waals surface area contributed by atoms with Crippen molar-refractivity contribution in [2.75, 3.05) is 0 Å². The fourth-order valence-corrected chi connectivity index (χ4v) is 5.29. The second-order valence-electron chi connectivity index (χ2n) is 11.4. The number of hydrogen-bond donors (Lipinski definition) is 2. The highest BCUT2D eigenvalue weighted by molar-refractivity contribution is 6.36. The van der Waals surface area contributed by atoms with Crippen LogP contribution in [0.15, 0.2) is 54.6 Å². The molecule has 0 radical (unpaired) electrons. The molecular formula is C30H29Cl3N4O2. The molecule has 3 heterocycles. The molecule has 0 saturated carbocycles. The molecule has 0 saturated heterocycles. The molecule has 0 spiro atoms. The van der Waals surface area contributed by atoms with Gasteiger partial charge in [-0.2, -0.15) is 5.10 Å². The zero-order chi connectivity index (χ0) is 28.1. The maximum Gasteiger partial charge on any atom is 0.272 e. The topological polar surface area (TPSA) is 79.9 Å². The minimum atomic E-state index is -0.580. The number of nitrogens with one attached hydrogen (secondary N) is 2. The van der Waals surface area contributed by atoms with E-state index in [1.165, 1.54) is 0 Å². The van der Waals surface area contributed by atoms with Crippen molar-refractivity contribution in [3.8, 4) is 28.3 Å². The van der Waals surface area contributed by atoms with Crippen LogP contribution in [0.4, 0.5) is 0 Å². The van der Waals surface area contributed by atoms with E-state index in [0.29, 0.717) is 44.3 Å². The van der Waals surface area contributed by atoms with Crippen LogP contribution >= 0.6 is 34.8 Å². The van der Waals surface area contributed by atoms with E-state index in [1.54, 1.807) is 18.2 Å². The van der Waals surface area contributed by atoms with Gasteiger partial charge in [0.15, 0.2) is 0 Å². The third kappa shape index (κ3) is 5.79. The number of ether oxygens (including phenoxy) is 1. The molecule has 2 N–H and O–H groups in total. The molecule has 1 aliphatic heterocycles. The van der Waals surface area contributed by atoms with E-state index < -0.39 is 5.60 Å². The molecule has 1 atom stereocenters. The normalized spacial score (nSPS) is 16.4. The number of carbonyl (C=O) groups excluding carboxylic acids is 1. The number of nitrogens with zero attached hydrogens (tertiary/aromatic N) is 2. The van der Waals surface area contributed by atoms with E-state index in [1.807, 2.05) is 50.2 Å². The van der Waals surface area contributed by atoms with Gasteiger partial charge < -0.3 is 10.1 Å². The van der Waals surface area contributed by atoms with Crippen molar-refractivity contribution in [2.24, 2.45) is 0 Å². The third-order valence-corrected chi connectivity index (χ3v) is 7.52. The first-order valence-corrected chi connectivity index (χ1v) is 13.8. The molecule has 0 unspecified atom stereocenters. The predicted molar refractivity (Wildman–Crippen MR) is 157 cm³/mol. The van der Waals surface area contributed by atoms with Crippen LogP contribution < -0.4 is 10.1 Å². The summed E-state index contributed by atoms with van der Waals surface area (Å²) in [4.78, 5) is 18.3. The summed E-state index contributed by atoms with van der Waals surface area (Å²) in [5, 5.41) is 12.0. The first-order chi connectivity index (χ1) is 18.3. The van der Waals surface area contributed by atoms with Crippen LogP contribution in [0.2, 0.25) is 15.1 Å². The highest BCUT2D eigenvalue weighted by Crippen LogP contribution is 2.45. The Balaban J connectivity index is 1.62. The van der Waals surface area contributed by atoms with Crippen LogP contribution in [-0.4, -0.2) is 26.7 Å². The average Bonchev–Trinajstić information content (AvgIpc) is 3.35. The summed E-state index contributed by atoms with van der Waals surface area (Å²) in [7, 11) is 0. The number of fused-ring (bicyclic) bond motifs is 1. The van der Waals surface area contributed by atoms with E-state index in [4.69, 9.17) is 44.5 Å². The maximum absolute atomic E-state index is 13.3. The molecule has 6 nitrogen and oxygen atoms in total. The van der Waals surface area contributed by atoms with Crippen molar-refractivity contribution in [3.05, 3.63) is 86.6 Å². The molecule has 2 aromatic heterocycles. The van der Waals surface area contributed by atoms with Crippen LogP contribution in [0.3, 0.4) is 0 Å². The van der Waals surface area contributed by atoms with Crippen molar-refractivity contribution >= 4 is 40.7 Å². The van der Waals surface area contributed by atoms with E-state index in [-0.39, 0.29) is 17.4 Å². The van der Waals surface area contributed by atoms with Gasteiger partial charge in [0.2, 0.25) is 5.88 Å². The number of aromatic nitrogens is 3. The SMILES string of the molecule is CC1(C)C[C@@H](NC(=O)c2cc(C(C)(C)C)[nH]n2)c2cc(-c3ccc(Cl)cc3)c(-c3ccc(Cl)cc3Cl)nc2O1. The van der Waals surface area contributed by atoms with Gasteiger partial charge in [0, 0.05) is 44.3 Å². The summed E-state index contributed by atoms with van der Waals surface area (Å²) in [5.41, 5.74) is 4.33. The van der Waals surface area contributed by atoms with Crippen molar-refractivity contribution in [1.82, 2.24) is 20.5 Å². The van der Waals surface area contributed by atoms with Gasteiger partial charge in [-0.05, 0) is 61.9 Å². The van der Waals surface area contributed by atoms with Crippen LogP contribution in [-0.2, 0) is 5.41 Å². The van der Waals surface area contributed by atoms with Gasteiger partial charge in [-0.15, -0.1) is 0 Å². The van der Waals surface area contributed by atoms with Crippen molar-refractivity contribution in [1.29, 1.82) is 0 Å². The zero-order valence-electron chi connectivity index (χ0n) is 22.3. The van der Waals surface area contributed by atoms with Gasteiger partial charge in [0.1, 0.15) is 11.3 Å². The summed E-state index contributed by atoms with van der Waals surface area (Å²) in [5.74, 6) is 0.168. The second-order valence-corrected chi connectivity index (χ2v) is 12.7. The second kappa shape index (κ2) is 10.2. The number of hydrogen-bond acceptors (Lipinski definition) is 4. The summed E-state index contributed by atoms with van der Waals surface area (Å²) >= 11 is 19.0. The number of benzene rings is 2. The summed E-state index contributed by atoms with van der Waals surface area (Å²) < 4.78 is 6.35. The number of amides is 1. The predicted octanol–water partition coefficient (Wildman–Crippen LogP) is 8.43. The van der Waals surface area contributed by atoms with Gasteiger partial charge in [-0.25, -0.2) is 4.98 Å². The van der Waals surface area contributed by atoms with E-state index >= 15 is 0 Å². The third-order valence-electron chi connectivity index (χ3n) is 6.72. The van der Waals surface area contributed by atoms with Gasteiger partial charge in [-0.3, -0.25) is 9.89 Å². The van der Waals surface area contributed by atoms with Gasteiger partial charge in [-0.1, -0.05) is 67.7 Å². The number of pyridine rings is 1. The van der Waals surface area contributed by atoms with Gasteiger partial charge >= 0.3 is 0 Å². The van der Waals surface area contributed by atoms with E-state index in [0.717, 1.165) is 22.4 Å². The lowest BCUT2D eigenvalue weighted by Gasteiger charge is -2.37. The van der Waals surface area contributed by atoms with E-state index in [2.05, 4.69) is 36.3 Å². The summed E-state index contributed by atoms with van der Waals surface area (Å²) in [6.45, 7) is 10.1. The van der Waals surface area contributed by atoms with Crippen LogP contribution in [0.1, 0.15) is 68.8 Å². The van der Waals surface area contributed by atoms with Gasteiger partial charge in [0.25, 0.3) is 5.91 Å². The number of aromatic amines is 1. The Labute approximate surface area is 243 Å². The summed E-state index contributed by atoms with van der Waals surface area (Å²) in [6, 6.07) is 16.3. The lowest BCUT2D eigenvalue weighted by atomic mass is 9.88. The smallest absolute Gasteiger partial charge is 0.272 e. The first kappa shape index (κ1) is 27.5. The quantitative estimate of drug-likeness (QED) is 0.253. The Morgan fingerprint density at radius 3 is 2.33 bits per heavy atom. The highest BCUT2D eigenvalue weighted by Gasteiger charge is 2.37. The zero-order valence-corrected chi connectivity index (χ0v) is 24.6.